The van der Waals surface area contributed by atoms with Gasteiger partial charge in [0, 0.05) is 17.6 Å². The maximum absolute atomic E-state index is 12.7. The fraction of sp³-hybridized carbons (Fsp3) is 0.429. The van der Waals surface area contributed by atoms with Crippen LogP contribution in [0.5, 0.6) is 0 Å². The summed E-state index contributed by atoms with van der Waals surface area (Å²) in [5.41, 5.74) is 5.71. The second-order valence-electron chi connectivity index (χ2n) is 6.80. The first-order valence-corrected chi connectivity index (χ1v) is 10.1. The van der Waals surface area contributed by atoms with Gasteiger partial charge < -0.3 is 14.8 Å². The summed E-state index contributed by atoms with van der Waals surface area (Å²) >= 11 is 1.34. The Balaban J connectivity index is 2.00. The molecular formula is C21H25NO4S. The summed E-state index contributed by atoms with van der Waals surface area (Å²) in [7, 11) is 0. The SMILES string of the molecule is CCOC(=O)c1c(-c2cc(C)c(C)c(C)c2)csc1NC(=O)[C@@H]1CCCO1. The molecule has 1 aliphatic heterocycles. The number of nitrogens with one attached hydrogen (secondary N) is 1. The molecule has 1 saturated heterocycles. The Hall–Kier alpha value is -2.18. The highest BCUT2D eigenvalue weighted by Gasteiger charge is 2.28. The van der Waals surface area contributed by atoms with E-state index in [0.717, 1.165) is 28.7 Å². The van der Waals surface area contributed by atoms with Crippen molar-refractivity contribution in [1.29, 1.82) is 0 Å². The van der Waals surface area contributed by atoms with Crippen molar-refractivity contribution in [2.24, 2.45) is 0 Å². The number of esters is 1. The first kappa shape index (κ1) is 19.6. The van der Waals surface area contributed by atoms with Crippen molar-refractivity contribution in [2.45, 2.75) is 46.6 Å². The molecule has 2 aromatic rings. The molecule has 1 aliphatic rings. The molecular weight excluding hydrogens is 362 g/mol. The summed E-state index contributed by atoms with van der Waals surface area (Å²) in [6.07, 6.45) is 1.13. The fourth-order valence-electron chi connectivity index (χ4n) is 3.24. The van der Waals surface area contributed by atoms with Gasteiger partial charge in [-0.05, 0) is 62.8 Å². The molecule has 0 radical (unpaired) electrons. The van der Waals surface area contributed by atoms with Crippen LogP contribution >= 0.6 is 11.3 Å². The minimum Gasteiger partial charge on any atom is -0.462 e. The van der Waals surface area contributed by atoms with Gasteiger partial charge in [0.2, 0.25) is 0 Å². The predicted octanol–water partition coefficient (Wildman–Crippen LogP) is 4.63. The molecule has 144 valence electrons. The van der Waals surface area contributed by atoms with E-state index in [0.29, 0.717) is 23.6 Å². The van der Waals surface area contributed by atoms with E-state index in [-0.39, 0.29) is 12.5 Å². The van der Waals surface area contributed by atoms with E-state index < -0.39 is 12.1 Å². The Morgan fingerprint density at radius 1 is 1.26 bits per heavy atom. The van der Waals surface area contributed by atoms with Gasteiger partial charge in [-0.1, -0.05) is 12.1 Å². The second kappa shape index (κ2) is 8.23. The Bertz CT molecular complexity index is 842. The zero-order valence-corrected chi connectivity index (χ0v) is 17.0. The number of thiophene rings is 1. The summed E-state index contributed by atoms with van der Waals surface area (Å²) in [5.74, 6) is -0.630. The number of aryl methyl sites for hydroxylation is 2. The van der Waals surface area contributed by atoms with Crippen LogP contribution in [0, 0.1) is 20.8 Å². The Morgan fingerprint density at radius 2 is 1.96 bits per heavy atom. The second-order valence-corrected chi connectivity index (χ2v) is 7.68. The summed E-state index contributed by atoms with van der Waals surface area (Å²) in [6, 6.07) is 4.14. The third-order valence-electron chi connectivity index (χ3n) is 4.97. The minimum absolute atomic E-state index is 0.206. The standard InChI is InChI=1S/C21H25NO4S/c1-5-25-21(24)18-16(15-9-12(2)14(4)13(3)10-15)11-27-20(18)22-19(23)17-7-6-8-26-17/h9-11,17H,5-8H2,1-4H3,(H,22,23)/t17-/m0/s1. The van der Waals surface area contributed by atoms with Crippen molar-refractivity contribution in [3.8, 4) is 11.1 Å². The van der Waals surface area contributed by atoms with Crippen LogP contribution in [-0.4, -0.2) is 31.2 Å². The minimum atomic E-state index is -0.450. The average molecular weight is 388 g/mol. The molecule has 1 fully saturated rings. The molecule has 0 saturated carbocycles. The van der Waals surface area contributed by atoms with Crippen LogP contribution in [0.15, 0.2) is 17.5 Å². The van der Waals surface area contributed by atoms with Crippen molar-refractivity contribution in [1.82, 2.24) is 0 Å². The van der Waals surface area contributed by atoms with Crippen molar-refractivity contribution < 1.29 is 19.1 Å². The zero-order valence-electron chi connectivity index (χ0n) is 16.2. The van der Waals surface area contributed by atoms with Crippen molar-refractivity contribution >= 4 is 28.2 Å². The number of rotatable bonds is 5. The number of carbonyl (C=O) groups is 2. The maximum Gasteiger partial charge on any atom is 0.341 e. The van der Waals surface area contributed by atoms with Gasteiger partial charge in [0.25, 0.3) is 5.91 Å². The topological polar surface area (TPSA) is 64.6 Å². The molecule has 0 spiro atoms. The smallest absolute Gasteiger partial charge is 0.341 e. The quantitative estimate of drug-likeness (QED) is 0.760. The van der Waals surface area contributed by atoms with Gasteiger partial charge in [-0.2, -0.15) is 0 Å². The van der Waals surface area contributed by atoms with Crippen LogP contribution in [0.25, 0.3) is 11.1 Å². The molecule has 2 heterocycles. The van der Waals surface area contributed by atoms with Crippen LogP contribution in [0.4, 0.5) is 5.00 Å². The van der Waals surface area contributed by atoms with Gasteiger partial charge in [0.15, 0.2) is 0 Å². The van der Waals surface area contributed by atoms with Gasteiger partial charge in [-0.15, -0.1) is 11.3 Å². The molecule has 1 N–H and O–H groups in total. The van der Waals surface area contributed by atoms with E-state index in [1.54, 1.807) is 6.92 Å². The highest BCUT2D eigenvalue weighted by atomic mass is 32.1. The van der Waals surface area contributed by atoms with Crippen LogP contribution in [0.2, 0.25) is 0 Å². The Morgan fingerprint density at radius 3 is 2.56 bits per heavy atom. The molecule has 1 atom stereocenters. The number of ether oxygens (including phenoxy) is 2. The molecule has 1 aromatic heterocycles. The highest BCUT2D eigenvalue weighted by Crippen LogP contribution is 2.38. The van der Waals surface area contributed by atoms with Crippen LogP contribution < -0.4 is 5.32 Å². The van der Waals surface area contributed by atoms with Crippen molar-refractivity contribution in [3.05, 3.63) is 39.8 Å². The lowest BCUT2D eigenvalue weighted by molar-refractivity contribution is -0.124. The normalized spacial score (nSPS) is 16.4. The van der Waals surface area contributed by atoms with Crippen LogP contribution in [0.3, 0.4) is 0 Å². The molecule has 0 bridgehead atoms. The lowest BCUT2D eigenvalue weighted by Crippen LogP contribution is -2.27. The van der Waals surface area contributed by atoms with Gasteiger partial charge in [-0.3, -0.25) is 4.79 Å². The number of benzene rings is 1. The van der Waals surface area contributed by atoms with Crippen molar-refractivity contribution in [2.75, 3.05) is 18.5 Å². The summed E-state index contributed by atoms with van der Waals surface area (Å²) in [4.78, 5) is 25.1. The number of hydrogen-bond donors (Lipinski definition) is 1. The Kier molecular flexibility index (Phi) is 5.97. The van der Waals surface area contributed by atoms with E-state index >= 15 is 0 Å². The number of amides is 1. The van der Waals surface area contributed by atoms with Gasteiger partial charge in [0.05, 0.1) is 6.61 Å². The number of anilines is 1. The van der Waals surface area contributed by atoms with Crippen LogP contribution in [0.1, 0.15) is 46.8 Å². The monoisotopic (exact) mass is 387 g/mol. The molecule has 6 heteroatoms. The third kappa shape index (κ3) is 4.06. The van der Waals surface area contributed by atoms with Gasteiger partial charge in [-0.25, -0.2) is 4.79 Å². The molecule has 5 nitrogen and oxygen atoms in total. The predicted molar refractivity (Wildman–Crippen MR) is 108 cm³/mol. The third-order valence-corrected chi connectivity index (χ3v) is 5.86. The molecule has 3 rings (SSSR count). The number of hydrogen-bond acceptors (Lipinski definition) is 5. The lowest BCUT2D eigenvalue weighted by Gasteiger charge is -2.13. The highest BCUT2D eigenvalue weighted by molar-refractivity contribution is 7.15. The lowest BCUT2D eigenvalue weighted by atomic mass is 9.96. The first-order valence-electron chi connectivity index (χ1n) is 9.21. The molecule has 27 heavy (non-hydrogen) atoms. The molecule has 0 aliphatic carbocycles. The summed E-state index contributed by atoms with van der Waals surface area (Å²) in [6.45, 7) is 8.85. The fourth-order valence-corrected chi connectivity index (χ4v) is 4.20. The van der Waals surface area contributed by atoms with Crippen molar-refractivity contribution in [3.63, 3.8) is 0 Å². The average Bonchev–Trinajstić information content (AvgIpc) is 3.29. The largest absolute Gasteiger partial charge is 0.462 e. The zero-order chi connectivity index (χ0) is 19.6. The Labute approximate surface area is 163 Å². The maximum atomic E-state index is 12.7. The molecule has 0 unspecified atom stereocenters. The van der Waals surface area contributed by atoms with E-state index in [1.165, 1.54) is 16.9 Å². The molecule has 1 aromatic carbocycles. The van der Waals surface area contributed by atoms with Gasteiger partial charge in [0.1, 0.15) is 16.7 Å². The van der Waals surface area contributed by atoms with E-state index in [2.05, 4.69) is 38.2 Å². The molecule has 1 amide bonds. The summed E-state index contributed by atoms with van der Waals surface area (Å²) in [5, 5.41) is 5.29. The number of carbonyl (C=O) groups excluding carboxylic acids is 2. The van der Waals surface area contributed by atoms with E-state index in [1.807, 2.05) is 5.38 Å². The summed E-state index contributed by atoms with van der Waals surface area (Å²) < 4.78 is 10.7. The van der Waals surface area contributed by atoms with Crippen LogP contribution in [-0.2, 0) is 14.3 Å². The van der Waals surface area contributed by atoms with E-state index in [9.17, 15) is 9.59 Å². The first-order chi connectivity index (χ1) is 12.9. The van der Waals surface area contributed by atoms with E-state index in [4.69, 9.17) is 9.47 Å². The van der Waals surface area contributed by atoms with Gasteiger partial charge >= 0.3 is 5.97 Å².